The lowest BCUT2D eigenvalue weighted by molar-refractivity contribution is -0.0295. The zero-order valence-electron chi connectivity index (χ0n) is 9.52. The Morgan fingerprint density at radius 2 is 1.80 bits per heavy atom. The topological polar surface area (TPSA) is 38.7 Å². The molecular formula is C12H22O3. The van der Waals surface area contributed by atoms with Gasteiger partial charge >= 0.3 is 0 Å². The van der Waals surface area contributed by atoms with Crippen molar-refractivity contribution < 1.29 is 14.6 Å². The zero-order chi connectivity index (χ0) is 10.9. The summed E-state index contributed by atoms with van der Waals surface area (Å²) < 4.78 is 10.3. The van der Waals surface area contributed by atoms with Crippen LogP contribution in [0, 0.1) is 0 Å². The maximum atomic E-state index is 9.34. The number of ether oxygens (including phenoxy) is 2. The molecule has 1 heterocycles. The first-order valence-corrected chi connectivity index (χ1v) is 5.97. The number of rotatable bonds is 8. The van der Waals surface area contributed by atoms with E-state index in [0.717, 1.165) is 32.1 Å². The molecule has 1 aliphatic heterocycles. The molecule has 1 rings (SSSR count). The van der Waals surface area contributed by atoms with Gasteiger partial charge in [-0.15, -0.1) is 0 Å². The van der Waals surface area contributed by atoms with Crippen molar-refractivity contribution in [3.05, 3.63) is 12.5 Å². The summed E-state index contributed by atoms with van der Waals surface area (Å²) in [6.07, 6.45) is 10.5. The fraction of sp³-hybridized carbons (Fsp3) is 0.833. The summed E-state index contributed by atoms with van der Waals surface area (Å²) in [5, 5.41) is 9.34. The number of aliphatic hydroxyl groups is 1. The van der Waals surface area contributed by atoms with Crippen LogP contribution in [0.15, 0.2) is 12.5 Å². The predicted octanol–water partition coefficient (Wildman–Crippen LogP) is 2.94. The minimum Gasteiger partial charge on any atom is -0.459 e. The molecule has 0 aliphatic carbocycles. The van der Waals surface area contributed by atoms with E-state index < -0.39 is 0 Å². The Kier molecular flexibility index (Phi) is 6.25. The van der Waals surface area contributed by atoms with Crippen LogP contribution in [0.3, 0.4) is 0 Å². The average molecular weight is 214 g/mol. The van der Waals surface area contributed by atoms with Gasteiger partial charge in [0.1, 0.15) is 12.5 Å². The van der Waals surface area contributed by atoms with Gasteiger partial charge in [0.25, 0.3) is 0 Å². The molecule has 0 saturated carbocycles. The second kappa shape index (κ2) is 7.57. The highest BCUT2D eigenvalue weighted by Gasteiger charge is 2.10. The lowest BCUT2D eigenvalue weighted by Crippen LogP contribution is -2.06. The van der Waals surface area contributed by atoms with E-state index in [1.54, 1.807) is 12.5 Å². The van der Waals surface area contributed by atoms with Crippen LogP contribution in [-0.2, 0) is 9.47 Å². The summed E-state index contributed by atoms with van der Waals surface area (Å²) in [5.41, 5.74) is 0. The largest absolute Gasteiger partial charge is 0.459 e. The SMILES string of the molecule is CCC(O)CCCCCCC1OC=CO1. The maximum Gasteiger partial charge on any atom is 0.239 e. The molecule has 3 heteroatoms. The summed E-state index contributed by atoms with van der Waals surface area (Å²) >= 11 is 0. The molecule has 0 aromatic carbocycles. The average Bonchev–Trinajstić information content (AvgIpc) is 2.75. The minimum atomic E-state index is -0.101. The van der Waals surface area contributed by atoms with E-state index in [1.807, 2.05) is 6.92 Å². The second-order valence-corrected chi connectivity index (χ2v) is 4.03. The van der Waals surface area contributed by atoms with E-state index in [2.05, 4.69) is 0 Å². The molecule has 0 amide bonds. The Labute approximate surface area is 92.1 Å². The molecule has 1 unspecified atom stereocenters. The highest BCUT2D eigenvalue weighted by atomic mass is 16.7. The van der Waals surface area contributed by atoms with Gasteiger partial charge in [0.15, 0.2) is 0 Å². The Morgan fingerprint density at radius 3 is 2.47 bits per heavy atom. The van der Waals surface area contributed by atoms with E-state index in [1.165, 1.54) is 12.8 Å². The van der Waals surface area contributed by atoms with Crippen molar-refractivity contribution in [3.63, 3.8) is 0 Å². The number of hydrogen-bond acceptors (Lipinski definition) is 3. The van der Waals surface area contributed by atoms with E-state index in [9.17, 15) is 5.11 Å². The molecule has 0 radical (unpaired) electrons. The molecule has 0 aromatic heterocycles. The molecule has 3 nitrogen and oxygen atoms in total. The van der Waals surface area contributed by atoms with Crippen molar-refractivity contribution in [2.24, 2.45) is 0 Å². The lowest BCUT2D eigenvalue weighted by atomic mass is 10.1. The standard InChI is InChI=1S/C12H22O3/c1-2-11(13)7-5-3-4-6-8-12-14-9-10-15-12/h9-13H,2-8H2,1H3. The van der Waals surface area contributed by atoms with Gasteiger partial charge in [-0.25, -0.2) is 0 Å². The highest BCUT2D eigenvalue weighted by molar-refractivity contribution is 4.70. The van der Waals surface area contributed by atoms with Crippen LogP contribution in [0.2, 0.25) is 0 Å². The monoisotopic (exact) mass is 214 g/mol. The summed E-state index contributed by atoms with van der Waals surface area (Å²) in [7, 11) is 0. The van der Waals surface area contributed by atoms with Crippen molar-refractivity contribution in [1.29, 1.82) is 0 Å². The van der Waals surface area contributed by atoms with Gasteiger partial charge in [-0.2, -0.15) is 0 Å². The van der Waals surface area contributed by atoms with Gasteiger partial charge in [0.05, 0.1) is 6.10 Å². The third kappa shape index (κ3) is 5.67. The second-order valence-electron chi connectivity index (χ2n) is 4.03. The summed E-state index contributed by atoms with van der Waals surface area (Å²) in [5.74, 6) is 0. The van der Waals surface area contributed by atoms with Crippen LogP contribution in [0.1, 0.15) is 51.9 Å². The minimum absolute atomic E-state index is 0.0498. The molecule has 0 aromatic rings. The lowest BCUT2D eigenvalue weighted by Gasteiger charge is -2.10. The Bertz CT molecular complexity index is 172. The molecular weight excluding hydrogens is 192 g/mol. The van der Waals surface area contributed by atoms with Crippen LogP contribution >= 0.6 is 0 Å². The van der Waals surface area contributed by atoms with E-state index in [-0.39, 0.29) is 12.4 Å². The highest BCUT2D eigenvalue weighted by Crippen LogP contribution is 2.15. The van der Waals surface area contributed by atoms with Crippen LogP contribution in [0.4, 0.5) is 0 Å². The van der Waals surface area contributed by atoms with Crippen LogP contribution < -0.4 is 0 Å². The van der Waals surface area contributed by atoms with Crippen LogP contribution in [0.5, 0.6) is 0 Å². The summed E-state index contributed by atoms with van der Waals surface area (Å²) in [4.78, 5) is 0. The van der Waals surface area contributed by atoms with Crippen molar-refractivity contribution in [2.75, 3.05) is 0 Å². The van der Waals surface area contributed by atoms with Gasteiger partial charge in [-0.05, 0) is 19.3 Å². The van der Waals surface area contributed by atoms with E-state index in [0.29, 0.717) is 0 Å². The van der Waals surface area contributed by atoms with Crippen molar-refractivity contribution in [2.45, 2.75) is 64.3 Å². The third-order valence-electron chi connectivity index (χ3n) is 2.71. The summed E-state index contributed by atoms with van der Waals surface area (Å²) in [6.45, 7) is 2.02. The Morgan fingerprint density at radius 1 is 1.13 bits per heavy atom. The van der Waals surface area contributed by atoms with Crippen molar-refractivity contribution >= 4 is 0 Å². The summed E-state index contributed by atoms with van der Waals surface area (Å²) in [6, 6.07) is 0. The van der Waals surface area contributed by atoms with Crippen LogP contribution in [0.25, 0.3) is 0 Å². The van der Waals surface area contributed by atoms with E-state index in [4.69, 9.17) is 9.47 Å². The molecule has 0 bridgehead atoms. The quantitative estimate of drug-likeness (QED) is 0.631. The maximum absolute atomic E-state index is 9.34. The molecule has 0 fully saturated rings. The Balaban J connectivity index is 1.81. The van der Waals surface area contributed by atoms with Gasteiger partial charge in [0, 0.05) is 6.42 Å². The third-order valence-corrected chi connectivity index (χ3v) is 2.71. The van der Waals surface area contributed by atoms with Crippen molar-refractivity contribution in [1.82, 2.24) is 0 Å². The van der Waals surface area contributed by atoms with E-state index >= 15 is 0 Å². The number of unbranched alkanes of at least 4 members (excludes halogenated alkanes) is 3. The van der Waals surface area contributed by atoms with Crippen molar-refractivity contribution in [3.8, 4) is 0 Å². The molecule has 0 spiro atoms. The fourth-order valence-corrected chi connectivity index (χ4v) is 1.66. The van der Waals surface area contributed by atoms with Gasteiger partial charge in [-0.1, -0.05) is 26.2 Å². The smallest absolute Gasteiger partial charge is 0.239 e. The Hall–Kier alpha value is -0.700. The van der Waals surface area contributed by atoms with Crippen LogP contribution in [-0.4, -0.2) is 17.5 Å². The van der Waals surface area contributed by atoms with Gasteiger partial charge < -0.3 is 14.6 Å². The molecule has 88 valence electrons. The molecule has 1 N–H and O–H groups in total. The van der Waals surface area contributed by atoms with Gasteiger partial charge in [-0.3, -0.25) is 0 Å². The molecule has 15 heavy (non-hydrogen) atoms. The molecule has 1 atom stereocenters. The molecule has 0 saturated heterocycles. The number of hydrogen-bond donors (Lipinski definition) is 1. The fourth-order valence-electron chi connectivity index (χ4n) is 1.66. The number of aliphatic hydroxyl groups excluding tert-OH is 1. The van der Waals surface area contributed by atoms with Gasteiger partial charge in [0.2, 0.25) is 6.29 Å². The molecule has 1 aliphatic rings. The first kappa shape index (κ1) is 12.4. The predicted molar refractivity (Wildman–Crippen MR) is 59.1 cm³/mol. The zero-order valence-corrected chi connectivity index (χ0v) is 9.52. The first-order chi connectivity index (χ1) is 7.33. The normalized spacial score (nSPS) is 17.5. The first-order valence-electron chi connectivity index (χ1n) is 5.97.